The summed E-state index contributed by atoms with van der Waals surface area (Å²) in [6, 6.07) is 17.7. The number of halogens is 1. The number of hydrogen-bond acceptors (Lipinski definition) is 7. The van der Waals surface area contributed by atoms with Crippen molar-refractivity contribution >= 4 is 38.7 Å². The smallest absolute Gasteiger partial charge is 0.287 e. The fraction of sp³-hybridized carbons (Fsp3) is 0.172. The number of nitro groups is 1. The molecule has 0 aliphatic rings. The molecule has 5 rings (SSSR count). The molecule has 0 amide bonds. The molecule has 0 spiro atoms. The molecule has 11 heteroatoms. The average Bonchev–Trinajstić information content (AvgIpc) is 3.22. The zero-order chi connectivity index (χ0) is 28.4. The summed E-state index contributed by atoms with van der Waals surface area (Å²) >= 11 is 3.44. The second-order valence-electron chi connectivity index (χ2n) is 9.17. The molecule has 40 heavy (non-hydrogen) atoms. The molecular weight excluding hydrogens is 576 g/mol. The van der Waals surface area contributed by atoms with Crippen LogP contribution in [0.25, 0.3) is 16.6 Å². The van der Waals surface area contributed by atoms with Crippen LogP contribution in [0.5, 0.6) is 11.6 Å². The lowest BCUT2D eigenvalue weighted by Gasteiger charge is -2.11. The predicted octanol–water partition coefficient (Wildman–Crippen LogP) is 6.50. The van der Waals surface area contributed by atoms with E-state index >= 15 is 0 Å². The molecular formula is C29H25BrN6O4. The average molecular weight is 601 g/mol. The molecule has 0 saturated carbocycles. The summed E-state index contributed by atoms with van der Waals surface area (Å²) in [5.41, 5.74) is 4.07. The number of hydrogen-bond donors (Lipinski definition) is 0. The van der Waals surface area contributed by atoms with E-state index in [0.717, 1.165) is 39.7 Å². The van der Waals surface area contributed by atoms with E-state index in [9.17, 15) is 14.9 Å². The van der Waals surface area contributed by atoms with Crippen LogP contribution in [0.3, 0.4) is 0 Å². The first-order chi connectivity index (χ1) is 19.2. The lowest BCUT2D eigenvalue weighted by molar-refractivity contribution is -0.385. The Morgan fingerprint density at radius 1 is 1.10 bits per heavy atom. The highest BCUT2D eigenvalue weighted by Crippen LogP contribution is 2.25. The summed E-state index contributed by atoms with van der Waals surface area (Å²) in [7, 11) is 0. The van der Waals surface area contributed by atoms with Crippen molar-refractivity contribution in [2.45, 2.75) is 33.6 Å². The maximum Gasteiger partial charge on any atom is 0.287 e. The van der Waals surface area contributed by atoms with E-state index in [2.05, 4.69) is 30.6 Å². The van der Waals surface area contributed by atoms with Crippen LogP contribution >= 0.6 is 15.9 Å². The van der Waals surface area contributed by atoms with Crippen LogP contribution in [0.15, 0.2) is 81.2 Å². The topological polar surface area (TPSA) is 117 Å². The zero-order valence-electron chi connectivity index (χ0n) is 22.0. The summed E-state index contributed by atoms with van der Waals surface area (Å²) in [6.45, 7) is 6.03. The van der Waals surface area contributed by atoms with Gasteiger partial charge in [-0.25, -0.2) is 9.97 Å². The molecule has 2 aromatic carbocycles. The second-order valence-corrected chi connectivity index (χ2v) is 10.1. The molecule has 0 saturated heterocycles. The third kappa shape index (κ3) is 5.41. The van der Waals surface area contributed by atoms with Crippen molar-refractivity contribution in [3.63, 3.8) is 0 Å². The van der Waals surface area contributed by atoms with Crippen LogP contribution in [0.2, 0.25) is 0 Å². The highest BCUT2D eigenvalue weighted by Gasteiger charge is 2.13. The van der Waals surface area contributed by atoms with E-state index in [0.29, 0.717) is 28.9 Å². The minimum atomic E-state index is -0.507. The Hall–Kier alpha value is -4.64. The van der Waals surface area contributed by atoms with E-state index in [1.807, 2.05) is 51.1 Å². The first kappa shape index (κ1) is 26.9. The van der Waals surface area contributed by atoms with E-state index in [1.165, 1.54) is 16.8 Å². The molecule has 202 valence electrons. The van der Waals surface area contributed by atoms with Crippen molar-refractivity contribution in [2.75, 3.05) is 0 Å². The van der Waals surface area contributed by atoms with E-state index in [1.54, 1.807) is 24.4 Å². The molecule has 0 bridgehead atoms. The molecule has 3 aromatic heterocycles. The first-order valence-electron chi connectivity index (χ1n) is 12.6. The van der Waals surface area contributed by atoms with Crippen molar-refractivity contribution in [2.24, 2.45) is 5.10 Å². The van der Waals surface area contributed by atoms with Crippen LogP contribution in [-0.4, -0.2) is 30.3 Å². The van der Waals surface area contributed by atoms with Gasteiger partial charge in [-0.2, -0.15) is 9.78 Å². The lowest BCUT2D eigenvalue weighted by Crippen LogP contribution is -2.22. The number of pyridine rings is 1. The van der Waals surface area contributed by atoms with E-state index in [4.69, 9.17) is 9.72 Å². The Labute approximate surface area is 237 Å². The Morgan fingerprint density at radius 3 is 2.55 bits per heavy atom. The van der Waals surface area contributed by atoms with Crippen molar-refractivity contribution < 1.29 is 9.66 Å². The molecule has 5 aromatic rings. The normalized spacial score (nSPS) is 11.4. The number of aryl methyl sites for hydroxylation is 2. The first-order valence-corrected chi connectivity index (χ1v) is 13.4. The van der Waals surface area contributed by atoms with Gasteiger partial charge in [-0.3, -0.25) is 14.9 Å². The number of benzene rings is 2. The summed E-state index contributed by atoms with van der Waals surface area (Å²) in [6.07, 6.45) is 4.31. The van der Waals surface area contributed by atoms with Crippen molar-refractivity contribution in [3.8, 4) is 17.3 Å². The fourth-order valence-electron chi connectivity index (χ4n) is 4.46. The van der Waals surface area contributed by atoms with E-state index in [-0.39, 0.29) is 17.1 Å². The molecule has 3 heterocycles. The predicted molar refractivity (Wildman–Crippen MR) is 157 cm³/mol. The van der Waals surface area contributed by atoms with Crippen LogP contribution in [0, 0.1) is 24.0 Å². The van der Waals surface area contributed by atoms with Gasteiger partial charge in [0.2, 0.25) is 5.88 Å². The largest absolute Gasteiger partial charge is 0.439 e. The van der Waals surface area contributed by atoms with Gasteiger partial charge >= 0.3 is 0 Å². The summed E-state index contributed by atoms with van der Waals surface area (Å²) in [5, 5.41) is 15.9. The van der Waals surface area contributed by atoms with Crippen molar-refractivity contribution in [1.82, 2.24) is 19.2 Å². The van der Waals surface area contributed by atoms with Gasteiger partial charge in [0.25, 0.3) is 11.2 Å². The van der Waals surface area contributed by atoms with Gasteiger partial charge in [-0.1, -0.05) is 22.9 Å². The summed E-state index contributed by atoms with van der Waals surface area (Å²) in [4.78, 5) is 32.3. The number of fused-ring (bicyclic) bond motifs is 1. The van der Waals surface area contributed by atoms with Gasteiger partial charge < -0.3 is 9.30 Å². The van der Waals surface area contributed by atoms with Gasteiger partial charge in [-0.05, 0) is 68.8 Å². The number of ether oxygens (including phenoxy) is 1. The van der Waals surface area contributed by atoms with Crippen molar-refractivity contribution in [3.05, 3.63) is 115 Å². The zero-order valence-corrected chi connectivity index (χ0v) is 23.6. The van der Waals surface area contributed by atoms with Crippen molar-refractivity contribution in [1.29, 1.82) is 0 Å². The SMILES string of the molecule is CCCc1nc2ccc(Br)cc2c(=O)n1N=Cc1cc(C)n(-c2ccc(Oc3ccc([N+](=O)[O-])cn3)cc2)c1C. The molecule has 0 N–H and O–H groups in total. The highest BCUT2D eigenvalue weighted by molar-refractivity contribution is 9.10. The maximum absolute atomic E-state index is 13.3. The Kier molecular flexibility index (Phi) is 7.56. The van der Waals surface area contributed by atoms with Crippen LogP contribution < -0.4 is 10.3 Å². The Morgan fingerprint density at radius 2 is 1.88 bits per heavy atom. The molecule has 0 aliphatic heterocycles. The van der Waals surface area contributed by atoms with Gasteiger partial charge in [0.05, 0.1) is 22.0 Å². The fourth-order valence-corrected chi connectivity index (χ4v) is 4.82. The van der Waals surface area contributed by atoms with Crippen LogP contribution in [0.4, 0.5) is 5.69 Å². The van der Waals surface area contributed by atoms with Crippen LogP contribution in [-0.2, 0) is 6.42 Å². The third-order valence-corrected chi connectivity index (χ3v) is 6.87. The number of rotatable bonds is 8. The maximum atomic E-state index is 13.3. The monoisotopic (exact) mass is 600 g/mol. The van der Waals surface area contributed by atoms with Crippen LogP contribution in [0.1, 0.15) is 36.1 Å². The molecule has 0 fully saturated rings. The molecule has 0 aliphatic carbocycles. The summed E-state index contributed by atoms with van der Waals surface area (Å²) in [5.74, 6) is 1.43. The minimum Gasteiger partial charge on any atom is -0.439 e. The lowest BCUT2D eigenvalue weighted by atomic mass is 10.2. The highest BCUT2D eigenvalue weighted by atomic mass is 79.9. The quantitative estimate of drug-likeness (QED) is 0.114. The second kappa shape index (κ2) is 11.2. The summed E-state index contributed by atoms with van der Waals surface area (Å²) < 4.78 is 10.0. The molecule has 10 nitrogen and oxygen atoms in total. The Bertz CT molecular complexity index is 1810. The van der Waals surface area contributed by atoms with Gasteiger partial charge in [-0.15, -0.1) is 0 Å². The third-order valence-electron chi connectivity index (χ3n) is 6.38. The van der Waals surface area contributed by atoms with Gasteiger partial charge in [0, 0.05) is 45.7 Å². The Balaban J connectivity index is 1.42. The number of nitrogens with zero attached hydrogens (tertiary/aromatic N) is 6. The van der Waals surface area contributed by atoms with Gasteiger partial charge in [0.1, 0.15) is 17.8 Å². The van der Waals surface area contributed by atoms with Gasteiger partial charge in [0.15, 0.2) is 0 Å². The standard InChI is InChI=1S/C29H25BrN6O4/c1-4-5-27-33-26-12-6-21(30)15-25(26)29(37)35(27)32-16-20-14-18(2)34(19(20)3)22-7-10-24(11-8-22)40-28-13-9-23(17-31-28)36(38)39/h6-17H,4-5H2,1-3H3. The number of aromatic nitrogens is 4. The minimum absolute atomic E-state index is 0.1000. The molecule has 0 unspecified atom stereocenters. The molecule has 0 radical (unpaired) electrons. The van der Waals surface area contributed by atoms with E-state index < -0.39 is 4.92 Å². The molecule has 0 atom stereocenters.